The minimum atomic E-state index is -4.17. The van der Waals surface area contributed by atoms with Crippen molar-refractivity contribution in [3.8, 4) is 0 Å². The zero-order valence-electron chi connectivity index (χ0n) is 19.7. The number of halogens is 3. The minimum Gasteiger partial charge on any atom is -0.480 e. The maximum atomic E-state index is 14.7. The maximum absolute atomic E-state index is 14.7. The number of carboxylic acid groups (broad SMARTS) is 1. The number of carboxylic acids is 1. The fourth-order valence-electron chi connectivity index (χ4n) is 3.58. The summed E-state index contributed by atoms with van der Waals surface area (Å²) >= 11 is 11.9. The second-order valence-electron chi connectivity index (χ2n) is 8.57. The van der Waals surface area contributed by atoms with E-state index in [-0.39, 0.29) is 27.9 Å². The van der Waals surface area contributed by atoms with E-state index in [9.17, 15) is 27.5 Å². The lowest BCUT2D eigenvalue weighted by molar-refractivity contribution is -0.143. The first-order chi connectivity index (χ1) is 16.3. The number of carbonyl (C=O) groups excluding carboxylic acids is 1. The second-order valence-corrected chi connectivity index (χ2v) is 11.3. The first-order valence-electron chi connectivity index (χ1n) is 11.1. The van der Waals surface area contributed by atoms with Crippen LogP contribution in [0.2, 0.25) is 10.0 Å². The monoisotopic (exact) mass is 546 g/mol. The Morgan fingerprint density at radius 1 is 1.03 bits per heavy atom. The Labute approximate surface area is 215 Å². The normalized spacial score (nSPS) is 13.3. The van der Waals surface area contributed by atoms with Crippen molar-refractivity contribution in [1.29, 1.82) is 0 Å². The van der Waals surface area contributed by atoms with Gasteiger partial charge in [0.05, 0.1) is 10.6 Å². The highest BCUT2D eigenvalue weighted by Gasteiger charge is 2.31. The number of benzene rings is 2. The number of aliphatic carboxylic acids is 1. The first-order valence-corrected chi connectivity index (χ1v) is 13.3. The summed E-state index contributed by atoms with van der Waals surface area (Å²) < 4.78 is 42.7. The van der Waals surface area contributed by atoms with Gasteiger partial charge in [0, 0.05) is 22.5 Å². The third kappa shape index (κ3) is 7.81. The summed E-state index contributed by atoms with van der Waals surface area (Å²) in [5, 5.41) is 12.2. The average Bonchev–Trinajstić information content (AvgIpc) is 2.77. The predicted molar refractivity (Wildman–Crippen MR) is 135 cm³/mol. The van der Waals surface area contributed by atoms with Crippen LogP contribution >= 0.6 is 23.2 Å². The largest absolute Gasteiger partial charge is 0.480 e. The zero-order chi connectivity index (χ0) is 26.3. The third-order valence-electron chi connectivity index (χ3n) is 5.44. The standard InChI is InChI=1S/C24H29Cl2FN2O5S/c1-15(2)23(24(31)32)28-22(30)7-5-4-6-16(3)29(21-14-18(26)10-13-20(21)27)35(33,34)19-11-8-17(25)9-12-19/h8-16,23H,4-7H2,1-3H3,(H,28,30)(H,31,32)/t16-,23+/m1/s1. The molecule has 2 rings (SSSR count). The maximum Gasteiger partial charge on any atom is 0.326 e. The van der Waals surface area contributed by atoms with Gasteiger partial charge in [-0.3, -0.25) is 9.10 Å². The van der Waals surface area contributed by atoms with E-state index in [1.165, 1.54) is 36.4 Å². The van der Waals surface area contributed by atoms with Gasteiger partial charge in [-0.2, -0.15) is 0 Å². The molecular formula is C24H29Cl2FN2O5S. The smallest absolute Gasteiger partial charge is 0.326 e. The Balaban J connectivity index is 2.17. The summed E-state index contributed by atoms with van der Waals surface area (Å²) in [6, 6.07) is 7.60. The van der Waals surface area contributed by atoms with Gasteiger partial charge in [-0.05, 0) is 68.1 Å². The van der Waals surface area contributed by atoms with Crippen molar-refractivity contribution >= 4 is 50.8 Å². The van der Waals surface area contributed by atoms with E-state index < -0.39 is 39.8 Å². The molecule has 192 valence electrons. The van der Waals surface area contributed by atoms with Crippen molar-refractivity contribution in [3.63, 3.8) is 0 Å². The van der Waals surface area contributed by atoms with Crippen LogP contribution in [0.15, 0.2) is 47.4 Å². The Kier molecular flexibility index (Phi) is 10.4. The lowest BCUT2D eigenvalue weighted by Crippen LogP contribution is -2.44. The van der Waals surface area contributed by atoms with Crippen LogP contribution < -0.4 is 9.62 Å². The fraction of sp³-hybridized carbons (Fsp3) is 0.417. The molecule has 0 radical (unpaired) electrons. The molecule has 1 amide bonds. The van der Waals surface area contributed by atoms with Crippen molar-refractivity contribution in [2.24, 2.45) is 5.92 Å². The number of nitrogens with one attached hydrogen (secondary N) is 1. The SMILES string of the molecule is CC(C)[C@H](NC(=O)CCCC[C@@H](C)N(c1cc(Cl)ccc1F)S(=O)(=O)c1ccc(Cl)cc1)C(=O)O. The number of hydrogen-bond acceptors (Lipinski definition) is 4. The molecule has 0 fully saturated rings. The summed E-state index contributed by atoms with van der Waals surface area (Å²) in [7, 11) is -4.17. The third-order valence-corrected chi connectivity index (χ3v) is 7.87. The molecule has 35 heavy (non-hydrogen) atoms. The molecular weight excluding hydrogens is 518 g/mol. The van der Waals surface area contributed by atoms with E-state index in [1.54, 1.807) is 20.8 Å². The van der Waals surface area contributed by atoms with Crippen molar-refractivity contribution in [3.05, 3.63) is 58.3 Å². The van der Waals surface area contributed by atoms with Crippen LogP contribution in [0, 0.1) is 11.7 Å². The predicted octanol–water partition coefficient (Wildman–Crippen LogP) is 5.50. The van der Waals surface area contributed by atoms with Gasteiger partial charge in [0.15, 0.2) is 0 Å². The molecule has 0 bridgehead atoms. The van der Waals surface area contributed by atoms with Crippen molar-refractivity contribution in [2.75, 3.05) is 4.31 Å². The van der Waals surface area contributed by atoms with Gasteiger partial charge < -0.3 is 10.4 Å². The Hall–Kier alpha value is -2.36. The number of carbonyl (C=O) groups is 2. The zero-order valence-corrected chi connectivity index (χ0v) is 22.0. The number of unbranched alkanes of at least 4 members (excludes halogenated alkanes) is 1. The summed E-state index contributed by atoms with van der Waals surface area (Å²) in [5.74, 6) is -2.51. The topological polar surface area (TPSA) is 104 Å². The van der Waals surface area contributed by atoms with Crippen LogP contribution in [-0.2, 0) is 19.6 Å². The first kappa shape index (κ1) is 28.9. The number of hydrogen-bond donors (Lipinski definition) is 2. The molecule has 7 nitrogen and oxygen atoms in total. The van der Waals surface area contributed by atoms with Crippen LogP contribution in [0.5, 0.6) is 0 Å². The van der Waals surface area contributed by atoms with Gasteiger partial charge in [-0.1, -0.05) is 43.5 Å². The van der Waals surface area contributed by atoms with Crippen LogP contribution in [0.1, 0.15) is 46.5 Å². The number of amides is 1. The van der Waals surface area contributed by atoms with Gasteiger partial charge in [0.25, 0.3) is 10.0 Å². The van der Waals surface area contributed by atoms with Gasteiger partial charge in [-0.25, -0.2) is 17.6 Å². The highest BCUT2D eigenvalue weighted by atomic mass is 35.5. The Bertz CT molecular complexity index is 1140. The molecule has 0 aliphatic carbocycles. The highest BCUT2D eigenvalue weighted by molar-refractivity contribution is 7.92. The van der Waals surface area contributed by atoms with Crippen LogP contribution in [0.3, 0.4) is 0 Å². The van der Waals surface area contributed by atoms with Gasteiger partial charge >= 0.3 is 5.97 Å². The molecule has 0 heterocycles. The average molecular weight is 547 g/mol. The molecule has 11 heteroatoms. The van der Waals surface area contributed by atoms with E-state index >= 15 is 0 Å². The van der Waals surface area contributed by atoms with Gasteiger partial charge in [0.1, 0.15) is 11.9 Å². The highest BCUT2D eigenvalue weighted by Crippen LogP contribution is 2.32. The number of anilines is 1. The quantitative estimate of drug-likeness (QED) is 0.342. The molecule has 0 aliphatic rings. The Morgan fingerprint density at radius 3 is 2.20 bits per heavy atom. The van der Waals surface area contributed by atoms with E-state index in [4.69, 9.17) is 23.2 Å². The molecule has 0 unspecified atom stereocenters. The molecule has 2 aromatic carbocycles. The van der Waals surface area contributed by atoms with E-state index in [0.717, 1.165) is 10.4 Å². The second kappa shape index (κ2) is 12.6. The summed E-state index contributed by atoms with van der Waals surface area (Å²) in [5.41, 5.74) is -0.182. The molecule has 0 saturated carbocycles. The molecule has 0 saturated heterocycles. The number of sulfonamides is 1. The lowest BCUT2D eigenvalue weighted by Gasteiger charge is -2.31. The van der Waals surface area contributed by atoms with Crippen LogP contribution in [0.4, 0.5) is 10.1 Å². The molecule has 0 aromatic heterocycles. The molecule has 0 spiro atoms. The van der Waals surface area contributed by atoms with E-state index in [1.807, 2.05) is 0 Å². The van der Waals surface area contributed by atoms with E-state index in [0.29, 0.717) is 24.3 Å². The summed E-state index contributed by atoms with van der Waals surface area (Å²) in [4.78, 5) is 23.4. The van der Waals surface area contributed by atoms with Crippen molar-refractivity contribution < 1.29 is 27.5 Å². The van der Waals surface area contributed by atoms with Crippen LogP contribution in [-0.4, -0.2) is 37.5 Å². The van der Waals surface area contributed by atoms with Gasteiger partial charge in [0.2, 0.25) is 5.91 Å². The van der Waals surface area contributed by atoms with Crippen molar-refractivity contribution in [1.82, 2.24) is 5.32 Å². The number of rotatable bonds is 12. The van der Waals surface area contributed by atoms with Crippen LogP contribution in [0.25, 0.3) is 0 Å². The summed E-state index contributed by atoms with van der Waals surface area (Å²) in [6.07, 6.45) is 1.24. The molecule has 2 N–H and O–H groups in total. The fourth-order valence-corrected chi connectivity index (χ4v) is 5.56. The molecule has 2 aromatic rings. The van der Waals surface area contributed by atoms with Crippen molar-refractivity contribution in [2.45, 2.75) is 63.4 Å². The Morgan fingerprint density at radius 2 is 1.63 bits per heavy atom. The molecule has 0 aliphatic heterocycles. The minimum absolute atomic E-state index is 0.0547. The number of nitrogens with zero attached hydrogens (tertiary/aromatic N) is 1. The lowest BCUT2D eigenvalue weighted by atomic mass is 10.0. The molecule has 2 atom stereocenters. The van der Waals surface area contributed by atoms with E-state index in [2.05, 4.69) is 5.32 Å². The summed E-state index contributed by atoms with van der Waals surface area (Å²) in [6.45, 7) is 5.05. The van der Waals surface area contributed by atoms with Gasteiger partial charge in [-0.15, -0.1) is 0 Å².